The predicted molar refractivity (Wildman–Crippen MR) is 52.5 cm³/mol. The van der Waals surface area contributed by atoms with Crippen molar-refractivity contribution in [1.29, 1.82) is 0 Å². The van der Waals surface area contributed by atoms with Crippen molar-refractivity contribution in [1.82, 2.24) is 0 Å². The Morgan fingerprint density at radius 1 is 1.46 bits per heavy atom. The van der Waals surface area contributed by atoms with Crippen LogP contribution >= 0.6 is 11.6 Å². The summed E-state index contributed by atoms with van der Waals surface area (Å²) in [4.78, 5) is 19.5. The lowest BCUT2D eigenvalue weighted by molar-refractivity contribution is -0.137. The minimum absolute atomic E-state index is 0.182. The van der Waals surface area contributed by atoms with Crippen LogP contribution in [0.1, 0.15) is 26.2 Å². The van der Waals surface area contributed by atoms with Gasteiger partial charge < -0.3 is 5.11 Å². The molecule has 4 heteroatoms. The van der Waals surface area contributed by atoms with E-state index >= 15 is 0 Å². The van der Waals surface area contributed by atoms with Crippen molar-refractivity contribution >= 4 is 22.8 Å². The second-order valence-electron chi connectivity index (χ2n) is 2.43. The minimum atomic E-state index is -0.711. The van der Waals surface area contributed by atoms with Crippen LogP contribution in [-0.2, 0) is 9.59 Å². The van der Waals surface area contributed by atoms with E-state index in [2.05, 4.69) is 13.5 Å². The molecule has 0 bridgehead atoms. The molecular weight excluding hydrogens is 192 g/mol. The third-order valence-corrected chi connectivity index (χ3v) is 0.986. The summed E-state index contributed by atoms with van der Waals surface area (Å²) in [6.45, 7) is 8.60. The zero-order valence-electron chi connectivity index (χ0n) is 7.68. The first-order chi connectivity index (χ1) is 5.90. The lowest BCUT2D eigenvalue weighted by Gasteiger charge is -1.85. The quantitative estimate of drug-likeness (QED) is 0.717. The zero-order chi connectivity index (χ0) is 10.9. The third kappa shape index (κ3) is 24.7. The van der Waals surface area contributed by atoms with Crippen LogP contribution in [0.3, 0.4) is 0 Å². The van der Waals surface area contributed by atoms with Gasteiger partial charge in [-0.1, -0.05) is 19.1 Å². The summed E-state index contributed by atoms with van der Waals surface area (Å²) < 4.78 is 0. The van der Waals surface area contributed by atoms with E-state index in [4.69, 9.17) is 16.7 Å². The average Bonchev–Trinajstić information content (AvgIpc) is 1.83. The summed E-state index contributed by atoms with van der Waals surface area (Å²) in [6, 6.07) is 0. The van der Waals surface area contributed by atoms with Gasteiger partial charge in [0.15, 0.2) is 0 Å². The highest BCUT2D eigenvalue weighted by Gasteiger charge is 1.92. The van der Waals surface area contributed by atoms with Gasteiger partial charge in [0.2, 0.25) is 5.24 Å². The summed E-state index contributed by atoms with van der Waals surface area (Å²) in [7, 11) is 0. The fourth-order valence-corrected chi connectivity index (χ4v) is 0.599. The number of carbonyl (C=O) groups excluding carboxylic acids is 1. The van der Waals surface area contributed by atoms with Crippen molar-refractivity contribution in [2.24, 2.45) is 0 Å². The Kier molecular flexibility index (Phi) is 10.5. The number of allylic oxidation sites excluding steroid dienone is 1. The van der Waals surface area contributed by atoms with Gasteiger partial charge in [-0.2, -0.15) is 0 Å². The molecule has 75 valence electrons. The fraction of sp³-hybridized carbons (Fsp3) is 0.444. The van der Waals surface area contributed by atoms with Crippen molar-refractivity contribution in [3.05, 3.63) is 19.1 Å². The van der Waals surface area contributed by atoms with Gasteiger partial charge in [-0.3, -0.25) is 9.59 Å². The van der Waals surface area contributed by atoms with Gasteiger partial charge in [-0.25, -0.2) is 0 Å². The number of carboxylic acid groups (broad SMARTS) is 1. The molecule has 0 aromatic heterocycles. The molecule has 0 fully saturated rings. The zero-order valence-corrected chi connectivity index (χ0v) is 8.43. The molecule has 0 aliphatic heterocycles. The van der Waals surface area contributed by atoms with Crippen LogP contribution in [0.4, 0.5) is 0 Å². The van der Waals surface area contributed by atoms with Gasteiger partial charge in [-0.15, -0.1) is 0 Å². The van der Waals surface area contributed by atoms with E-state index in [0.717, 1.165) is 6.42 Å². The van der Waals surface area contributed by atoms with Crippen molar-refractivity contribution in [2.75, 3.05) is 0 Å². The molecule has 0 saturated carbocycles. The second-order valence-corrected chi connectivity index (χ2v) is 2.85. The second kappa shape index (κ2) is 9.26. The monoisotopic (exact) mass is 205 g/mol. The van der Waals surface area contributed by atoms with Crippen molar-refractivity contribution < 1.29 is 14.7 Å². The summed E-state index contributed by atoms with van der Waals surface area (Å²) in [6.07, 6.45) is 1.21. The molecule has 1 N–H and O–H groups in total. The van der Waals surface area contributed by atoms with Gasteiger partial charge in [0.1, 0.15) is 0 Å². The number of rotatable bonds is 4. The van der Waals surface area contributed by atoms with E-state index in [0.29, 0.717) is 12.0 Å². The first-order valence-electron chi connectivity index (χ1n) is 3.80. The molecule has 0 spiro atoms. The molecule has 0 aromatic carbocycles. The summed E-state index contributed by atoms with van der Waals surface area (Å²) >= 11 is 4.93. The maximum atomic E-state index is 9.92. The standard InChI is InChI=1S/C5H6ClO.C4H8O2/c1-4(2)3-5(6)7;1-2-3-4(5)6/h1-3H2;2-3H2,1H3,(H,5,6). The molecule has 0 rings (SSSR count). The molecule has 0 aliphatic rings. The van der Waals surface area contributed by atoms with E-state index in [1.807, 2.05) is 6.92 Å². The molecule has 0 unspecified atom stereocenters. The highest BCUT2D eigenvalue weighted by atomic mass is 35.5. The van der Waals surface area contributed by atoms with E-state index in [-0.39, 0.29) is 6.42 Å². The molecule has 3 nitrogen and oxygen atoms in total. The molecule has 0 amide bonds. The maximum Gasteiger partial charge on any atom is 0.303 e. The molecule has 13 heavy (non-hydrogen) atoms. The molecule has 0 saturated heterocycles. The van der Waals surface area contributed by atoms with Gasteiger partial charge in [0, 0.05) is 12.8 Å². The van der Waals surface area contributed by atoms with Crippen LogP contribution in [0.15, 0.2) is 12.2 Å². The van der Waals surface area contributed by atoms with Crippen LogP contribution in [0.2, 0.25) is 0 Å². The highest BCUT2D eigenvalue weighted by Crippen LogP contribution is 1.97. The Morgan fingerprint density at radius 3 is 1.92 bits per heavy atom. The molecule has 0 aromatic rings. The van der Waals surface area contributed by atoms with Crippen LogP contribution < -0.4 is 0 Å². The van der Waals surface area contributed by atoms with Crippen molar-refractivity contribution in [3.63, 3.8) is 0 Å². The normalized spacial score (nSPS) is 8.23. The van der Waals surface area contributed by atoms with E-state index in [9.17, 15) is 9.59 Å². The summed E-state index contributed by atoms with van der Waals surface area (Å²) in [5, 5.41) is 7.51. The third-order valence-electron chi connectivity index (χ3n) is 0.853. The van der Waals surface area contributed by atoms with Crippen LogP contribution in [0.5, 0.6) is 0 Å². The minimum Gasteiger partial charge on any atom is -0.481 e. The largest absolute Gasteiger partial charge is 0.481 e. The first kappa shape index (κ1) is 14.7. The lowest BCUT2D eigenvalue weighted by Crippen LogP contribution is -1.90. The Labute approximate surface area is 83.4 Å². The highest BCUT2D eigenvalue weighted by molar-refractivity contribution is 6.63. The number of aliphatic carboxylic acids is 1. The number of carbonyl (C=O) groups is 2. The Balaban J connectivity index is 0. The molecule has 0 atom stereocenters. The Bertz CT molecular complexity index is 175. The van der Waals surface area contributed by atoms with Gasteiger partial charge >= 0.3 is 5.97 Å². The number of hydrogen-bond donors (Lipinski definition) is 1. The van der Waals surface area contributed by atoms with Gasteiger partial charge in [-0.05, 0) is 24.9 Å². The number of halogens is 1. The Morgan fingerprint density at radius 2 is 1.92 bits per heavy atom. The Hall–Kier alpha value is -0.830. The van der Waals surface area contributed by atoms with Crippen LogP contribution in [0.25, 0.3) is 0 Å². The number of carboxylic acids is 1. The van der Waals surface area contributed by atoms with E-state index < -0.39 is 11.2 Å². The molecule has 0 aliphatic carbocycles. The molecular formula is C9H14ClO3. The summed E-state index contributed by atoms with van der Waals surface area (Å²) in [5.74, 6) is -0.711. The van der Waals surface area contributed by atoms with Gasteiger partial charge in [0.25, 0.3) is 0 Å². The smallest absolute Gasteiger partial charge is 0.303 e. The topological polar surface area (TPSA) is 54.4 Å². The first-order valence-corrected chi connectivity index (χ1v) is 4.17. The van der Waals surface area contributed by atoms with Crippen LogP contribution in [-0.4, -0.2) is 16.3 Å². The molecule has 1 radical (unpaired) electrons. The maximum absolute atomic E-state index is 9.92. The van der Waals surface area contributed by atoms with E-state index in [1.54, 1.807) is 0 Å². The number of hydrogen-bond acceptors (Lipinski definition) is 2. The lowest BCUT2D eigenvalue weighted by atomic mass is 10.3. The molecule has 0 heterocycles. The summed E-state index contributed by atoms with van der Waals surface area (Å²) in [5.41, 5.74) is 0.556. The van der Waals surface area contributed by atoms with Crippen molar-refractivity contribution in [3.8, 4) is 0 Å². The average molecular weight is 206 g/mol. The van der Waals surface area contributed by atoms with E-state index in [1.165, 1.54) is 0 Å². The van der Waals surface area contributed by atoms with Gasteiger partial charge in [0.05, 0.1) is 0 Å². The SMILES string of the molecule is CCCC(=O)O.[CH2]C(=C)CC(=O)Cl. The van der Waals surface area contributed by atoms with Crippen LogP contribution in [0, 0.1) is 6.92 Å². The fourth-order valence-electron chi connectivity index (χ4n) is 0.410. The van der Waals surface area contributed by atoms with Crippen molar-refractivity contribution in [2.45, 2.75) is 26.2 Å². The predicted octanol–water partition coefficient (Wildman–Crippen LogP) is 2.40.